The average molecular weight is 176 g/mol. The van der Waals surface area contributed by atoms with Crippen molar-refractivity contribution in [2.75, 3.05) is 0 Å². The Morgan fingerprint density at radius 2 is 2.08 bits per heavy atom. The highest BCUT2D eigenvalue weighted by atomic mass is 16.5. The van der Waals surface area contributed by atoms with Crippen molar-refractivity contribution in [3.05, 3.63) is 36.0 Å². The lowest BCUT2D eigenvalue weighted by molar-refractivity contribution is 0.381. The molecule has 5 nitrogen and oxygen atoms in total. The van der Waals surface area contributed by atoms with Crippen LogP contribution in [0.5, 0.6) is 0 Å². The number of aryl methyl sites for hydroxylation is 1. The number of hydrogen-bond donors (Lipinski definition) is 0. The van der Waals surface area contributed by atoms with E-state index in [1.54, 1.807) is 19.3 Å². The largest absolute Gasteiger partial charge is 0.339 e. The van der Waals surface area contributed by atoms with Crippen LogP contribution in [0.4, 0.5) is 0 Å². The highest BCUT2D eigenvalue weighted by Gasteiger charge is 2.03. The summed E-state index contributed by atoms with van der Waals surface area (Å²) in [6.07, 6.45) is 5.53. The lowest BCUT2D eigenvalue weighted by atomic mass is 10.2. The number of rotatable bonds is 2. The summed E-state index contributed by atoms with van der Waals surface area (Å²) in [5.41, 5.74) is 0.964. The van der Waals surface area contributed by atoms with E-state index in [4.69, 9.17) is 4.52 Å². The number of aromatic nitrogens is 4. The first-order chi connectivity index (χ1) is 6.34. The maximum atomic E-state index is 4.95. The smallest absolute Gasteiger partial charge is 0.231 e. The summed E-state index contributed by atoms with van der Waals surface area (Å²) in [5.74, 6) is 1.24. The van der Waals surface area contributed by atoms with Gasteiger partial charge in [0.05, 0.1) is 6.42 Å². The zero-order valence-electron chi connectivity index (χ0n) is 7.14. The molecular weight excluding hydrogens is 168 g/mol. The second-order valence-corrected chi connectivity index (χ2v) is 2.66. The molecule has 0 saturated heterocycles. The number of nitrogens with zero attached hydrogens (tertiary/aromatic N) is 4. The molecule has 5 heteroatoms. The van der Waals surface area contributed by atoms with E-state index in [-0.39, 0.29) is 0 Å². The van der Waals surface area contributed by atoms with Crippen molar-refractivity contribution < 1.29 is 4.52 Å². The first-order valence-corrected chi connectivity index (χ1v) is 3.87. The molecule has 13 heavy (non-hydrogen) atoms. The van der Waals surface area contributed by atoms with E-state index in [0.29, 0.717) is 18.1 Å². The summed E-state index contributed by atoms with van der Waals surface area (Å²) in [5, 5.41) is 3.69. The summed E-state index contributed by atoms with van der Waals surface area (Å²) < 4.78 is 4.95. The van der Waals surface area contributed by atoms with Crippen LogP contribution < -0.4 is 0 Å². The molecule has 0 N–H and O–H groups in total. The predicted molar refractivity (Wildman–Crippen MR) is 43.9 cm³/mol. The van der Waals surface area contributed by atoms with Gasteiger partial charge in [0.2, 0.25) is 5.89 Å². The van der Waals surface area contributed by atoms with Crippen LogP contribution >= 0.6 is 0 Å². The second kappa shape index (κ2) is 3.30. The fourth-order valence-corrected chi connectivity index (χ4v) is 1.01. The molecule has 0 aliphatic rings. The summed E-state index contributed by atoms with van der Waals surface area (Å²) in [4.78, 5) is 11.8. The second-order valence-electron chi connectivity index (χ2n) is 2.66. The zero-order valence-corrected chi connectivity index (χ0v) is 7.14. The van der Waals surface area contributed by atoms with Gasteiger partial charge in [-0.15, -0.1) is 0 Å². The summed E-state index contributed by atoms with van der Waals surface area (Å²) in [7, 11) is 0. The lowest BCUT2D eigenvalue weighted by Crippen LogP contribution is -1.90. The fourth-order valence-electron chi connectivity index (χ4n) is 1.01. The molecule has 0 amide bonds. The third kappa shape index (κ3) is 1.87. The van der Waals surface area contributed by atoms with E-state index in [0.717, 1.165) is 5.56 Å². The molecule has 0 saturated carbocycles. The monoisotopic (exact) mass is 176 g/mol. The Labute approximate surface area is 74.8 Å². The van der Waals surface area contributed by atoms with Crippen LogP contribution in [-0.2, 0) is 6.42 Å². The zero-order chi connectivity index (χ0) is 9.10. The molecule has 66 valence electrons. The Kier molecular flexibility index (Phi) is 1.99. The van der Waals surface area contributed by atoms with E-state index in [1.807, 2.05) is 0 Å². The molecule has 2 rings (SSSR count). The Morgan fingerprint density at radius 3 is 2.69 bits per heavy atom. The molecule has 0 bridgehead atoms. The topological polar surface area (TPSA) is 64.7 Å². The summed E-state index contributed by atoms with van der Waals surface area (Å²) in [6.45, 7) is 1.79. The maximum absolute atomic E-state index is 4.95. The molecule has 0 aliphatic carbocycles. The predicted octanol–water partition coefficient (Wildman–Crippen LogP) is 0.759. The van der Waals surface area contributed by atoms with Crippen molar-refractivity contribution in [2.45, 2.75) is 13.3 Å². The minimum absolute atomic E-state index is 0.585. The van der Waals surface area contributed by atoms with Crippen molar-refractivity contribution >= 4 is 0 Å². The fraction of sp³-hybridized carbons (Fsp3) is 0.250. The molecule has 2 aromatic rings. The third-order valence-electron chi connectivity index (χ3n) is 1.54. The van der Waals surface area contributed by atoms with E-state index in [1.165, 1.54) is 6.33 Å². The van der Waals surface area contributed by atoms with Crippen molar-refractivity contribution in [1.82, 2.24) is 20.1 Å². The van der Waals surface area contributed by atoms with Gasteiger partial charge in [0.1, 0.15) is 6.33 Å². The Morgan fingerprint density at radius 1 is 1.31 bits per heavy atom. The Hall–Kier alpha value is -1.78. The Bertz CT molecular complexity index is 384. The van der Waals surface area contributed by atoms with Crippen LogP contribution in [0.3, 0.4) is 0 Å². The first kappa shape index (κ1) is 7.85. The van der Waals surface area contributed by atoms with Crippen LogP contribution in [0, 0.1) is 6.92 Å². The molecule has 0 aromatic carbocycles. The minimum Gasteiger partial charge on any atom is -0.339 e. The lowest BCUT2D eigenvalue weighted by Gasteiger charge is -1.92. The number of hydrogen-bond acceptors (Lipinski definition) is 5. The van der Waals surface area contributed by atoms with Gasteiger partial charge in [-0.3, -0.25) is 0 Å². The highest BCUT2D eigenvalue weighted by Crippen LogP contribution is 2.03. The van der Waals surface area contributed by atoms with Gasteiger partial charge < -0.3 is 4.52 Å². The van der Waals surface area contributed by atoms with Crippen LogP contribution in [0.1, 0.15) is 17.3 Å². The van der Waals surface area contributed by atoms with Crippen molar-refractivity contribution in [3.63, 3.8) is 0 Å². The molecule has 2 heterocycles. The molecule has 0 unspecified atom stereocenters. The normalized spacial score (nSPS) is 10.2. The van der Waals surface area contributed by atoms with Gasteiger partial charge in [-0.2, -0.15) is 4.98 Å². The molecule has 0 spiro atoms. The Balaban J connectivity index is 2.15. The molecule has 0 atom stereocenters. The highest BCUT2D eigenvalue weighted by molar-refractivity contribution is 5.08. The van der Waals surface area contributed by atoms with Crippen LogP contribution in [-0.4, -0.2) is 20.1 Å². The SMILES string of the molecule is Cc1noc(Cc2cncnc2)n1. The van der Waals surface area contributed by atoms with Gasteiger partial charge in [0.25, 0.3) is 0 Å². The van der Waals surface area contributed by atoms with Gasteiger partial charge >= 0.3 is 0 Å². The van der Waals surface area contributed by atoms with Crippen LogP contribution in [0.2, 0.25) is 0 Å². The van der Waals surface area contributed by atoms with Gasteiger partial charge in [-0.25, -0.2) is 9.97 Å². The average Bonchev–Trinajstić information content (AvgIpc) is 2.53. The summed E-state index contributed by atoms with van der Waals surface area (Å²) >= 11 is 0. The molecule has 0 fully saturated rings. The first-order valence-electron chi connectivity index (χ1n) is 3.87. The van der Waals surface area contributed by atoms with Gasteiger partial charge in [0, 0.05) is 12.4 Å². The molecular formula is C8H8N4O. The summed E-state index contributed by atoms with van der Waals surface area (Å²) in [6, 6.07) is 0. The van der Waals surface area contributed by atoms with E-state index < -0.39 is 0 Å². The van der Waals surface area contributed by atoms with Gasteiger partial charge in [-0.05, 0) is 12.5 Å². The van der Waals surface area contributed by atoms with E-state index >= 15 is 0 Å². The van der Waals surface area contributed by atoms with Gasteiger partial charge in [-0.1, -0.05) is 5.16 Å². The molecule has 2 aromatic heterocycles. The van der Waals surface area contributed by atoms with Crippen molar-refractivity contribution in [2.24, 2.45) is 0 Å². The van der Waals surface area contributed by atoms with E-state index in [2.05, 4.69) is 20.1 Å². The molecule has 0 radical (unpaired) electrons. The van der Waals surface area contributed by atoms with Crippen LogP contribution in [0.25, 0.3) is 0 Å². The minimum atomic E-state index is 0.585. The van der Waals surface area contributed by atoms with Gasteiger partial charge in [0.15, 0.2) is 5.82 Å². The van der Waals surface area contributed by atoms with Crippen LogP contribution in [0.15, 0.2) is 23.2 Å². The van der Waals surface area contributed by atoms with Crippen molar-refractivity contribution in [3.8, 4) is 0 Å². The standard InChI is InChI=1S/C8H8N4O/c1-6-11-8(13-12-6)2-7-3-9-5-10-4-7/h3-5H,2H2,1H3. The van der Waals surface area contributed by atoms with Crippen molar-refractivity contribution in [1.29, 1.82) is 0 Å². The third-order valence-corrected chi connectivity index (χ3v) is 1.54. The molecule has 0 aliphatic heterocycles. The maximum Gasteiger partial charge on any atom is 0.231 e. The quantitative estimate of drug-likeness (QED) is 0.675. The van der Waals surface area contributed by atoms with E-state index in [9.17, 15) is 0 Å².